The second kappa shape index (κ2) is 9.01. The van der Waals surface area contributed by atoms with Gasteiger partial charge < -0.3 is 9.47 Å². The maximum absolute atomic E-state index is 6.85. The van der Waals surface area contributed by atoms with Crippen LogP contribution in [0.3, 0.4) is 0 Å². The second-order valence-electron chi connectivity index (χ2n) is 15.4. The van der Waals surface area contributed by atoms with Crippen LogP contribution in [0.5, 0.6) is 0 Å². The fourth-order valence-corrected chi connectivity index (χ4v) is 7.54. The average Bonchev–Trinajstić information content (AvgIpc) is 3.03. The van der Waals surface area contributed by atoms with E-state index in [0.717, 1.165) is 13.0 Å². The Labute approximate surface area is 197 Å². The van der Waals surface area contributed by atoms with Gasteiger partial charge in [-0.15, -0.1) is 0 Å². The lowest BCUT2D eigenvalue weighted by Crippen LogP contribution is -2.41. The second-order valence-corrected chi connectivity index (χ2v) is 15.4. The lowest BCUT2D eigenvalue weighted by Gasteiger charge is -2.42. The van der Waals surface area contributed by atoms with Crippen LogP contribution in [0.25, 0.3) is 0 Å². The van der Waals surface area contributed by atoms with Crippen LogP contribution in [0.1, 0.15) is 95.9 Å². The van der Waals surface area contributed by atoms with Crippen LogP contribution in [0, 0.1) is 45.3 Å². The summed E-state index contributed by atoms with van der Waals surface area (Å²) in [7, 11) is 4.74. The van der Waals surface area contributed by atoms with Crippen molar-refractivity contribution < 1.29 is 9.47 Å². The molecule has 8 unspecified atom stereocenters. The molecule has 0 bridgehead atoms. The number of rotatable bonds is 4. The van der Waals surface area contributed by atoms with E-state index in [2.05, 4.69) is 98.8 Å². The van der Waals surface area contributed by atoms with Crippen LogP contribution < -0.4 is 0 Å². The quantitative estimate of drug-likeness (QED) is 0.539. The zero-order chi connectivity index (χ0) is 24.2. The Bertz CT molecular complexity index is 590. The zero-order valence-electron chi connectivity index (χ0n) is 23.6. The number of hydrogen-bond donors (Lipinski definition) is 0. The van der Waals surface area contributed by atoms with Crippen molar-refractivity contribution in [2.24, 2.45) is 45.3 Å². The molecule has 4 heteroatoms. The molecule has 2 rings (SSSR count). The van der Waals surface area contributed by atoms with Crippen molar-refractivity contribution in [3.8, 4) is 0 Å². The van der Waals surface area contributed by atoms with E-state index in [0.29, 0.717) is 47.7 Å². The molecule has 0 aromatic rings. The summed E-state index contributed by atoms with van der Waals surface area (Å²) >= 11 is 0. The van der Waals surface area contributed by atoms with Gasteiger partial charge in [0.2, 0.25) is 0 Å². The molecule has 0 aromatic carbocycles. The first-order valence-corrected chi connectivity index (χ1v) is 13.0. The average molecular weight is 432 g/mol. The third-order valence-corrected chi connectivity index (χ3v) is 8.50. The van der Waals surface area contributed by atoms with E-state index >= 15 is 0 Å². The maximum atomic E-state index is 6.85. The highest BCUT2D eigenvalue weighted by Crippen LogP contribution is 2.55. The van der Waals surface area contributed by atoms with Crippen LogP contribution in [-0.2, 0) is 9.47 Å². The van der Waals surface area contributed by atoms with Crippen molar-refractivity contribution in [1.29, 1.82) is 0 Å². The van der Waals surface area contributed by atoms with E-state index in [1.807, 2.05) is 0 Å². The lowest BCUT2D eigenvalue weighted by atomic mass is 9.59. The Hall–Kier alpha value is 0.0499. The van der Waals surface area contributed by atoms with E-state index in [1.54, 1.807) is 0 Å². The van der Waals surface area contributed by atoms with Crippen LogP contribution >= 0.6 is 0 Å². The van der Waals surface area contributed by atoms with Gasteiger partial charge in [0.15, 0.2) is 0 Å². The third-order valence-electron chi connectivity index (χ3n) is 8.50. The highest BCUT2D eigenvalue weighted by Gasteiger charge is 2.53. The van der Waals surface area contributed by atoms with Gasteiger partial charge in [0, 0.05) is 12.6 Å². The predicted molar refractivity (Wildman–Crippen MR) is 140 cm³/mol. The number of hydrogen-bond acceptors (Lipinski definition) is 2. The van der Waals surface area contributed by atoms with E-state index < -0.39 is 0 Å². The van der Waals surface area contributed by atoms with Crippen LogP contribution in [0.15, 0.2) is 0 Å². The fourth-order valence-electron chi connectivity index (χ4n) is 7.54. The molecule has 31 heavy (non-hydrogen) atoms. The molecule has 2 nitrogen and oxygen atoms in total. The molecule has 0 N–H and O–H groups in total. The molecule has 2 aliphatic rings. The molecule has 1 saturated heterocycles. The highest BCUT2D eigenvalue weighted by atomic mass is 16.5. The topological polar surface area (TPSA) is 18.5 Å². The Kier molecular flexibility index (Phi) is 7.93. The summed E-state index contributed by atoms with van der Waals surface area (Å²) in [6.45, 7) is 29.6. The van der Waals surface area contributed by atoms with Gasteiger partial charge in [0.05, 0.1) is 12.2 Å². The smallest absolute Gasteiger partial charge is 0.139 e. The minimum Gasteiger partial charge on any atom is -0.383 e. The van der Waals surface area contributed by atoms with E-state index in [-0.39, 0.29) is 21.7 Å². The van der Waals surface area contributed by atoms with E-state index in [4.69, 9.17) is 9.47 Å². The molecule has 8 atom stereocenters. The standard InChI is InChI=1S/C27H54B2O2/c1-24(2,3)16-15-17(28)19(25(4,5)6)22(16)30-14-13-18-20(26(7,8)9)21(23(29)31-18)27(10,11)12/h16-23H,13-15,28-29H2,1-12H3. The van der Waals surface area contributed by atoms with Crippen molar-refractivity contribution in [3.05, 3.63) is 0 Å². The summed E-state index contributed by atoms with van der Waals surface area (Å²) < 4.78 is 13.5. The summed E-state index contributed by atoms with van der Waals surface area (Å²) in [5.41, 5.74) is 1.04. The van der Waals surface area contributed by atoms with Crippen molar-refractivity contribution in [2.75, 3.05) is 6.61 Å². The van der Waals surface area contributed by atoms with Crippen molar-refractivity contribution in [1.82, 2.24) is 0 Å². The summed E-state index contributed by atoms with van der Waals surface area (Å²) in [4.78, 5) is 0. The summed E-state index contributed by atoms with van der Waals surface area (Å²) in [6, 6.07) is 0.311. The molecule has 1 aliphatic heterocycles. The molecular formula is C27H54B2O2. The third kappa shape index (κ3) is 6.14. The normalized spacial score (nSPS) is 38.1. The van der Waals surface area contributed by atoms with Crippen molar-refractivity contribution in [3.63, 3.8) is 0 Å². The lowest BCUT2D eigenvalue weighted by molar-refractivity contribution is -0.0687. The summed E-state index contributed by atoms with van der Waals surface area (Å²) in [5, 5.41) is 0. The Balaban J connectivity index is 2.17. The molecule has 0 radical (unpaired) electrons. The van der Waals surface area contributed by atoms with Gasteiger partial charge in [-0.2, -0.15) is 0 Å². The fraction of sp³-hybridized carbons (Fsp3) is 1.00. The minimum absolute atomic E-state index is 0.233. The SMILES string of the molecule is BC1CC(C(C)(C)C)C(OCCC2OC(B)C(C(C)(C)C)C2C(C)(C)C)C1C(C)(C)C. The molecule has 1 saturated carbocycles. The predicted octanol–water partition coefficient (Wildman–Crippen LogP) is 5.59. The Morgan fingerprint density at radius 2 is 1.19 bits per heavy atom. The minimum atomic E-state index is 0.233. The van der Waals surface area contributed by atoms with Gasteiger partial charge in [-0.25, -0.2) is 0 Å². The van der Waals surface area contributed by atoms with Crippen LogP contribution in [0.2, 0.25) is 5.82 Å². The van der Waals surface area contributed by atoms with Gasteiger partial charge in [0.1, 0.15) is 15.7 Å². The highest BCUT2D eigenvalue weighted by molar-refractivity contribution is 6.12. The molecule has 0 amide bonds. The molecular weight excluding hydrogens is 378 g/mol. The Morgan fingerprint density at radius 1 is 0.710 bits per heavy atom. The van der Waals surface area contributed by atoms with Gasteiger partial charge >= 0.3 is 0 Å². The first-order valence-electron chi connectivity index (χ1n) is 13.0. The van der Waals surface area contributed by atoms with Crippen LogP contribution in [0.4, 0.5) is 0 Å². The maximum Gasteiger partial charge on any atom is 0.139 e. The first kappa shape index (κ1) is 27.3. The molecule has 1 heterocycles. The molecule has 180 valence electrons. The monoisotopic (exact) mass is 432 g/mol. The van der Waals surface area contributed by atoms with E-state index in [1.165, 1.54) is 6.42 Å². The van der Waals surface area contributed by atoms with Crippen molar-refractivity contribution in [2.45, 2.75) is 120 Å². The summed E-state index contributed by atoms with van der Waals surface area (Å²) in [5.74, 6) is 3.08. The summed E-state index contributed by atoms with van der Waals surface area (Å²) in [6.07, 6.45) is 2.93. The number of ether oxygens (including phenoxy) is 2. The van der Waals surface area contributed by atoms with Crippen LogP contribution in [-0.4, -0.2) is 40.5 Å². The van der Waals surface area contributed by atoms with E-state index in [9.17, 15) is 0 Å². The molecule has 2 fully saturated rings. The van der Waals surface area contributed by atoms with Crippen molar-refractivity contribution >= 4 is 15.7 Å². The van der Waals surface area contributed by atoms with Gasteiger partial charge in [0.25, 0.3) is 0 Å². The largest absolute Gasteiger partial charge is 0.383 e. The first-order chi connectivity index (χ1) is 13.8. The zero-order valence-corrected chi connectivity index (χ0v) is 23.6. The molecule has 0 aromatic heterocycles. The molecule has 1 aliphatic carbocycles. The van der Waals surface area contributed by atoms with Gasteiger partial charge in [-0.1, -0.05) is 95.3 Å². The Morgan fingerprint density at radius 3 is 1.61 bits per heavy atom. The van der Waals surface area contributed by atoms with Gasteiger partial charge in [-0.3, -0.25) is 0 Å². The van der Waals surface area contributed by atoms with Gasteiger partial charge in [-0.05, 0) is 51.8 Å². The molecule has 0 spiro atoms.